The van der Waals surface area contributed by atoms with E-state index < -0.39 is 32.1 Å². The second kappa shape index (κ2) is 7.65. The first kappa shape index (κ1) is 19.2. The van der Waals surface area contributed by atoms with Gasteiger partial charge in [-0.3, -0.25) is 0 Å². The van der Waals surface area contributed by atoms with Gasteiger partial charge in [0.25, 0.3) is 0 Å². The Bertz CT molecular complexity index is 587. The van der Waals surface area contributed by atoms with E-state index in [1.54, 1.807) is 0 Å². The minimum Gasteiger partial charge on any atom is -0.383 e. The number of nitrogens with one attached hydrogen (secondary N) is 2. The fraction of sp³-hybridized carbons (Fsp3) is 0.538. The minimum atomic E-state index is -4.26. The van der Waals surface area contributed by atoms with Crippen LogP contribution >= 0.6 is 12.4 Å². The average molecular weight is 357 g/mol. The van der Waals surface area contributed by atoms with Crippen molar-refractivity contribution in [2.75, 3.05) is 26.8 Å². The summed E-state index contributed by atoms with van der Waals surface area (Å²) in [5.41, 5.74) is -0.538. The van der Waals surface area contributed by atoms with Gasteiger partial charge in [-0.25, -0.2) is 21.9 Å². The Labute approximate surface area is 134 Å². The molecule has 5 nitrogen and oxygen atoms in total. The van der Waals surface area contributed by atoms with E-state index in [1.807, 2.05) is 0 Å². The van der Waals surface area contributed by atoms with Crippen LogP contribution in [0.25, 0.3) is 0 Å². The Hall–Kier alpha value is -0.800. The Balaban J connectivity index is 0.00000242. The first-order valence-electron chi connectivity index (χ1n) is 6.58. The van der Waals surface area contributed by atoms with Crippen molar-refractivity contribution in [3.05, 3.63) is 29.8 Å². The van der Waals surface area contributed by atoms with Crippen molar-refractivity contribution in [3.63, 3.8) is 0 Å². The molecule has 9 heteroatoms. The molecule has 1 heterocycles. The zero-order valence-corrected chi connectivity index (χ0v) is 13.7. The van der Waals surface area contributed by atoms with Gasteiger partial charge in [-0.1, -0.05) is 6.07 Å². The van der Waals surface area contributed by atoms with E-state index in [1.165, 1.54) is 7.11 Å². The molecule has 2 N–H and O–H groups in total. The SMILES string of the molecule is COCC1(CNS(=O)(=O)c2c(F)cccc2F)CCCN1.Cl. The smallest absolute Gasteiger partial charge is 0.246 e. The predicted octanol–water partition coefficient (Wildman–Crippen LogP) is 1.43. The number of rotatable bonds is 6. The molecule has 0 aliphatic carbocycles. The summed E-state index contributed by atoms with van der Waals surface area (Å²) in [6, 6.07) is 2.95. The predicted molar refractivity (Wildman–Crippen MR) is 80.6 cm³/mol. The van der Waals surface area contributed by atoms with Crippen molar-refractivity contribution in [2.45, 2.75) is 23.3 Å². The van der Waals surface area contributed by atoms with E-state index in [9.17, 15) is 17.2 Å². The molecule has 22 heavy (non-hydrogen) atoms. The van der Waals surface area contributed by atoms with Gasteiger partial charge in [0.1, 0.15) is 11.6 Å². The Morgan fingerprint density at radius 3 is 2.50 bits per heavy atom. The van der Waals surface area contributed by atoms with Crippen LogP contribution in [-0.4, -0.2) is 40.8 Å². The number of hydrogen-bond donors (Lipinski definition) is 2. The molecule has 126 valence electrons. The molecule has 1 aliphatic heterocycles. The van der Waals surface area contributed by atoms with E-state index in [-0.39, 0.29) is 19.0 Å². The number of hydrogen-bond acceptors (Lipinski definition) is 4. The molecule has 0 bridgehead atoms. The van der Waals surface area contributed by atoms with Gasteiger partial charge in [-0.15, -0.1) is 12.4 Å². The molecule has 2 rings (SSSR count). The monoisotopic (exact) mass is 356 g/mol. The summed E-state index contributed by atoms with van der Waals surface area (Å²) >= 11 is 0. The number of halogens is 3. The van der Waals surface area contributed by atoms with Crippen molar-refractivity contribution in [3.8, 4) is 0 Å². The highest BCUT2D eigenvalue weighted by molar-refractivity contribution is 7.89. The number of benzene rings is 1. The zero-order valence-electron chi connectivity index (χ0n) is 12.1. The lowest BCUT2D eigenvalue weighted by Crippen LogP contribution is -2.53. The molecule has 1 unspecified atom stereocenters. The molecule has 0 spiro atoms. The van der Waals surface area contributed by atoms with Crippen molar-refractivity contribution in [2.24, 2.45) is 0 Å². The van der Waals surface area contributed by atoms with Crippen LogP contribution in [0, 0.1) is 11.6 Å². The maximum absolute atomic E-state index is 13.6. The van der Waals surface area contributed by atoms with Crippen LogP contribution in [0.2, 0.25) is 0 Å². The molecule has 0 radical (unpaired) electrons. The third-order valence-corrected chi connectivity index (χ3v) is 4.99. The third-order valence-electron chi connectivity index (χ3n) is 3.54. The van der Waals surface area contributed by atoms with Crippen LogP contribution in [-0.2, 0) is 14.8 Å². The fourth-order valence-electron chi connectivity index (χ4n) is 2.51. The van der Waals surface area contributed by atoms with Gasteiger partial charge in [0.15, 0.2) is 4.90 Å². The van der Waals surface area contributed by atoms with Gasteiger partial charge >= 0.3 is 0 Å². The molecule has 1 aromatic rings. The van der Waals surface area contributed by atoms with Crippen LogP contribution < -0.4 is 10.0 Å². The summed E-state index contributed by atoms with van der Waals surface area (Å²) < 4.78 is 58.8. The zero-order chi connectivity index (χ0) is 15.5. The highest BCUT2D eigenvalue weighted by Gasteiger charge is 2.35. The second-order valence-electron chi connectivity index (χ2n) is 5.12. The molecule has 0 saturated carbocycles. The minimum absolute atomic E-state index is 0. The summed E-state index contributed by atoms with van der Waals surface area (Å²) in [6.07, 6.45) is 1.61. The molecule has 1 saturated heterocycles. The van der Waals surface area contributed by atoms with Crippen LogP contribution in [0.5, 0.6) is 0 Å². The maximum atomic E-state index is 13.6. The number of methoxy groups -OCH3 is 1. The van der Waals surface area contributed by atoms with Crippen LogP contribution in [0.15, 0.2) is 23.1 Å². The maximum Gasteiger partial charge on any atom is 0.246 e. The lowest BCUT2D eigenvalue weighted by molar-refractivity contribution is 0.122. The summed E-state index contributed by atoms with van der Waals surface area (Å²) in [6.45, 7) is 1.07. The van der Waals surface area contributed by atoms with Crippen molar-refractivity contribution in [1.82, 2.24) is 10.0 Å². The summed E-state index contributed by atoms with van der Waals surface area (Å²) in [5, 5.41) is 3.18. The molecular formula is C13H19ClF2N2O3S. The first-order chi connectivity index (χ1) is 9.90. The molecule has 1 aromatic carbocycles. The molecule has 0 aromatic heterocycles. The van der Waals surface area contributed by atoms with Gasteiger partial charge in [0.05, 0.1) is 12.1 Å². The molecule has 1 atom stereocenters. The van der Waals surface area contributed by atoms with Gasteiger partial charge in [-0.05, 0) is 31.5 Å². The topological polar surface area (TPSA) is 67.4 Å². The second-order valence-corrected chi connectivity index (χ2v) is 6.82. The largest absolute Gasteiger partial charge is 0.383 e. The summed E-state index contributed by atoms with van der Waals surface area (Å²) in [5.74, 6) is -2.22. The Morgan fingerprint density at radius 2 is 2.00 bits per heavy atom. The highest BCUT2D eigenvalue weighted by atomic mass is 35.5. The fourth-order valence-corrected chi connectivity index (χ4v) is 3.77. The number of sulfonamides is 1. The highest BCUT2D eigenvalue weighted by Crippen LogP contribution is 2.22. The number of ether oxygens (including phenoxy) is 1. The van der Waals surface area contributed by atoms with Crippen LogP contribution in [0.4, 0.5) is 8.78 Å². The van der Waals surface area contributed by atoms with E-state index in [4.69, 9.17) is 4.74 Å². The average Bonchev–Trinajstić information content (AvgIpc) is 2.86. The van der Waals surface area contributed by atoms with Crippen molar-refractivity contribution >= 4 is 22.4 Å². The first-order valence-corrected chi connectivity index (χ1v) is 8.06. The van der Waals surface area contributed by atoms with Gasteiger partial charge in [0.2, 0.25) is 10.0 Å². The molecule has 1 fully saturated rings. The third kappa shape index (κ3) is 4.14. The molecule has 1 aliphatic rings. The Kier molecular flexibility index (Phi) is 6.69. The molecular weight excluding hydrogens is 338 g/mol. The van der Waals surface area contributed by atoms with Crippen molar-refractivity contribution in [1.29, 1.82) is 0 Å². The van der Waals surface area contributed by atoms with E-state index in [0.29, 0.717) is 6.61 Å². The summed E-state index contributed by atoms with van der Waals surface area (Å²) in [7, 11) is -2.74. The van der Waals surface area contributed by atoms with E-state index in [2.05, 4.69) is 10.0 Å². The Morgan fingerprint density at radius 1 is 1.36 bits per heavy atom. The van der Waals surface area contributed by atoms with E-state index in [0.717, 1.165) is 37.6 Å². The van der Waals surface area contributed by atoms with Crippen LogP contribution in [0.3, 0.4) is 0 Å². The summed E-state index contributed by atoms with van der Waals surface area (Å²) in [4.78, 5) is -0.949. The van der Waals surface area contributed by atoms with Gasteiger partial charge < -0.3 is 10.1 Å². The van der Waals surface area contributed by atoms with Crippen molar-refractivity contribution < 1.29 is 21.9 Å². The van der Waals surface area contributed by atoms with E-state index >= 15 is 0 Å². The lowest BCUT2D eigenvalue weighted by Gasteiger charge is -2.28. The van der Waals surface area contributed by atoms with Gasteiger partial charge in [0, 0.05) is 13.7 Å². The lowest BCUT2D eigenvalue weighted by atomic mass is 9.99. The standard InChI is InChI=1S/C13H18F2N2O3S.ClH/c1-20-9-13(6-3-7-16-13)8-17-21(18,19)12-10(14)4-2-5-11(12)15;/h2,4-5,16-17H,3,6-9H2,1H3;1H. The molecule has 0 amide bonds. The van der Waals surface area contributed by atoms with Gasteiger partial charge in [-0.2, -0.15) is 0 Å². The van der Waals surface area contributed by atoms with Crippen LogP contribution in [0.1, 0.15) is 12.8 Å². The normalized spacial score (nSPS) is 21.6. The quantitative estimate of drug-likeness (QED) is 0.809.